The summed E-state index contributed by atoms with van der Waals surface area (Å²) in [6.45, 7) is 10.6. The van der Waals surface area contributed by atoms with Gasteiger partial charge in [-0.2, -0.15) is 0 Å². The molecular formula is C12H22N4O2. The van der Waals surface area contributed by atoms with Crippen molar-refractivity contribution < 1.29 is 9.90 Å². The lowest BCUT2D eigenvalue weighted by atomic mass is 9.80. The predicted molar refractivity (Wildman–Crippen MR) is 66.9 cm³/mol. The summed E-state index contributed by atoms with van der Waals surface area (Å²) in [6, 6.07) is 0. The predicted octanol–water partition coefficient (Wildman–Crippen LogP) is 1.62. The third kappa shape index (κ3) is 3.78. The monoisotopic (exact) mass is 254 g/mol. The maximum Gasteiger partial charge on any atom is 0.308 e. The SMILES string of the molecule is CC(Cn1nnnc1CC(C)C(C)(C)C)C(=O)O. The highest BCUT2D eigenvalue weighted by atomic mass is 16.4. The molecule has 0 aliphatic heterocycles. The fourth-order valence-electron chi connectivity index (χ4n) is 1.43. The first-order valence-corrected chi connectivity index (χ1v) is 6.19. The highest BCUT2D eigenvalue weighted by molar-refractivity contribution is 5.69. The number of carboxylic acid groups (broad SMARTS) is 1. The smallest absolute Gasteiger partial charge is 0.308 e. The summed E-state index contributed by atoms with van der Waals surface area (Å²) in [4.78, 5) is 10.8. The van der Waals surface area contributed by atoms with Crippen LogP contribution >= 0.6 is 0 Å². The van der Waals surface area contributed by atoms with Crippen LogP contribution in [0.2, 0.25) is 0 Å². The van der Waals surface area contributed by atoms with Gasteiger partial charge in [-0.1, -0.05) is 34.6 Å². The standard InChI is InChI=1S/C12H22N4O2/c1-8(11(17)18)7-16-10(13-14-15-16)6-9(2)12(3,4)5/h8-9H,6-7H2,1-5H3,(H,17,18). The molecule has 1 aromatic rings. The van der Waals surface area contributed by atoms with E-state index >= 15 is 0 Å². The molecule has 1 aromatic heterocycles. The fraction of sp³-hybridized carbons (Fsp3) is 0.833. The van der Waals surface area contributed by atoms with E-state index in [4.69, 9.17) is 5.11 Å². The summed E-state index contributed by atoms with van der Waals surface area (Å²) in [5, 5.41) is 20.4. The maximum atomic E-state index is 10.8. The second-order valence-electron chi connectivity index (χ2n) is 5.99. The molecule has 0 saturated heterocycles. The Labute approximate surface area is 107 Å². The van der Waals surface area contributed by atoms with Crippen LogP contribution in [-0.2, 0) is 17.8 Å². The van der Waals surface area contributed by atoms with Crippen LogP contribution in [0.3, 0.4) is 0 Å². The molecule has 1 rings (SSSR count). The van der Waals surface area contributed by atoms with Gasteiger partial charge in [0.1, 0.15) is 0 Å². The average molecular weight is 254 g/mol. The number of carboxylic acids is 1. The normalized spacial score (nSPS) is 15.4. The van der Waals surface area contributed by atoms with Crippen molar-refractivity contribution in [2.24, 2.45) is 17.3 Å². The van der Waals surface area contributed by atoms with Crippen molar-refractivity contribution in [1.82, 2.24) is 20.2 Å². The van der Waals surface area contributed by atoms with Gasteiger partial charge < -0.3 is 5.11 Å². The third-order valence-corrected chi connectivity index (χ3v) is 3.44. The summed E-state index contributed by atoms with van der Waals surface area (Å²) < 4.78 is 1.60. The summed E-state index contributed by atoms with van der Waals surface area (Å²) in [7, 11) is 0. The van der Waals surface area contributed by atoms with Gasteiger partial charge in [0.2, 0.25) is 0 Å². The largest absolute Gasteiger partial charge is 0.481 e. The van der Waals surface area contributed by atoms with Gasteiger partial charge >= 0.3 is 5.97 Å². The zero-order chi connectivity index (χ0) is 13.9. The highest BCUT2D eigenvalue weighted by Gasteiger charge is 2.23. The number of carbonyl (C=O) groups is 1. The summed E-state index contributed by atoms with van der Waals surface area (Å²) in [5.41, 5.74) is 0.176. The summed E-state index contributed by atoms with van der Waals surface area (Å²) in [5.74, 6) is -0.148. The van der Waals surface area contributed by atoms with E-state index in [9.17, 15) is 4.79 Å². The molecule has 0 aromatic carbocycles. The lowest BCUT2D eigenvalue weighted by Crippen LogP contribution is -2.24. The molecule has 0 aliphatic carbocycles. The zero-order valence-electron chi connectivity index (χ0n) is 11.7. The molecule has 2 atom stereocenters. The molecule has 1 heterocycles. The quantitative estimate of drug-likeness (QED) is 0.863. The van der Waals surface area contributed by atoms with Gasteiger partial charge in [0.15, 0.2) is 5.82 Å². The molecule has 0 amide bonds. The second kappa shape index (κ2) is 5.46. The Morgan fingerprint density at radius 2 is 2.00 bits per heavy atom. The van der Waals surface area contributed by atoms with Gasteiger partial charge in [0.05, 0.1) is 12.5 Å². The number of nitrogens with zero attached hydrogens (tertiary/aromatic N) is 4. The molecule has 6 heteroatoms. The lowest BCUT2D eigenvalue weighted by molar-refractivity contribution is -0.141. The molecular weight excluding hydrogens is 232 g/mol. The lowest BCUT2D eigenvalue weighted by Gasteiger charge is -2.26. The Balaban J connectivity index is 2.74. The van der Waals surface area contributed by atoms with Crippen molar-refractivity contribution in [2.75, 3.05) is 0 Å². The summed E-state index contributed by atoms with van der Waals surface area (Å²) >= 11 is 0. The first-order chi connectivity index (χ1) is 8.21. The van der Waals surface area contributed by atoms with Crippen molar-refractivity contribution in [1.29, 1.82) is 0 Å². The Morgan fingerprint density at radius 3 is 2.50 bits per heavy atom. The first-order valence-electron chi connectivity index (χ1n) is 6.19. The van der Waals surface area contributed by atoms with E-state index < -0.39 is 11.9 Å². The minimum atomic E-state index is -0.833. The van der Waals surface area contributed by atoms with Crippen LogP contribution in [0.25, 0.3) is 0 Å². The van der Waals surface area contributed by atoms with Gasteiger partial charge in [-0.3, -0.25) is 4.79 Å². The molecule has 2 unspecified atom stereocenters. The van der Waals surface area contributed by atoms with E-state index in [1.807, 2.05) is 0 Å². The Hall–Kier alpha value is -1.46. The Bertz CT molecular complexity index is 408. The van der Waals surface area contributed by atoms with Gasteiger partial charge in [-0.15, -0.1) is 5.10 Å². The molecule has 102 valence electrons. The van der Waals surface area contributed by atoms with Crippen molar-refractivity contribution in [2.45, 2.75) is 47.6 Å². The Morgan fingerprint density at radius 1 is 1.39 bits per heavy atom. The molecule has 18 heavy (non-hydrogen) atoms. The average Bonchev–Trinajstić information content (AvgIpc) is 2.64. The van der Waals surface area contributed by atoms with Gasteiger partial charge in [0, 0.05) is 6.42 Å². The molecule has 0 spiro atoms. The van der Waals surface area contributed by atoms with Crippen molar-refractivity contribution >= 4 is 5.97 Å². The minimum Gasteiger partial charge on any atom is -0.481 e. The van der Waals surface area contributed by atoms with Crippen molar-refractivity contribution in [3.63, 3.8) is 0 Å². The van der Waals surface area contributed by atoms with Crippen LogP contribution in [-0.4, -0.2) is 31.3 Å². The minimum absolute atomic E-state index is 0.176. The van der Waals surface area contributed by atoms with Crippen LogP contribution in [0.1, 0.15) is 40.4 Å². The molecule has 0 aliphatic rings. The first kappa shape index (κ1) is 14.6. The van der Waals surface area contributed by atoms with Crippen LogP contribution < -0.4 is 0 Å². The Kier molecular flexibility index (Phi) is 4.43. The van der Waals surface area contributed by atoms with Crippen molar-refractivity contribution in [3.05, 3.63) is 5.82 Å². The number of aliphatic carboxylic acids is 1. The zero-order valence-corrected chi connectivity index (χ0v) is 11.7. The van der Waals surface area contributed by atoms with Crippen LogP contribution in [0.4, 0.5) is 0 Å². The van der Waals surface area contributed by atoms with E-state index in [-0.39, 0.29) is 5.41 Å². The third-order valence-electron chi connectivity index (χ3n) is 3.44. The van der Waals surface area contributed by atoms with E-state index in [2.05, 4.69) is 43.2 Å². The van der Waals surface area contributed by atoms with Gasteiger partial charge in [0.25, 0.3) is 0 Å². The number of aromatic nitrogens is 4. The molecule has 0 radical (unpaired) electrons. The fourth-order valence-corrected chi connectivity index (χ4v) is 1.43. The van der Waals surface area contributed by atoms with Gasteiger partial charge in [-0.05, 0) is 21.8 Å². The summed E-state index contributed by atoms with van der Waals surface area (Å²) in [6.07, 6.45) is 0.753. The van der Waals surface area contributed by atoms with E-state index in [1.165, 1.54) is 0 Å². The number of tetrazole rings is 1. The number of hydrogen-bond donors (Lipinski definition) is 1. The molecule has 0 bridgehead atoms. The molecule has 0 fully saturated rings. The molecule has 0 saturated carbocycles. The van der Waals surface area contributed by atoms with Crippen molar-refractivity contribution in [3.8, 4) is 0 Å². The number of rotatable bonds is 5. The van der Waals surface area contributed by atoms with Crippen LogP contribution in [0, 0.1) is 17.3 Å². The van der Waals surface area contributed by atoms with Crippen LogP contribution in [0.5, 0.6) is 0 Å². The molecule has 1 N–H and O–H groups in total. The molecule has 6 nitrogen and oxygen atoms in total. The van der Waals surface area contributed by atoms with Gasteiger partial charge in [-0.25, -0.2) is 4.68 Å². The van der Waals surface area contributed by atoms with E-state index in [0.717, 1.165) is 12.2 Å². The highest BCUT2D eigenvalue weighted by Crippen LogP contribution is 2.27. The second-order valence-corrected chi connectivity index (χ2v) is 5.99. The topological polar surface area (TPSA) is 80.9 Å². The van der Waals surface area contributed by atoms with E-state index in [0.29, 0.717) is 12.5 Å². The van der Waals surface area contributed by atoms with Crippen LogP contribution in [0.15, 0.2) is 0 Å². The van der Waals surface area contributed by atoms with E-state index in [1.54, 1.807) is 11.6 Å². The maximum absolute atomic E-state index is 10.8. The number of hydrogen-bond acceptors (Lipinski definition) is 4.